The number of halogens is 2. The SMILES string of the molecule is CCC1C(C(=O)Nc2cc3cc(Br)c(Cl)cc3cn2)C1c1cnn(C)c1. The van der Waals surface area contributed by atoms with Crippen LogP contribution in [0.3, 0.4) is 0 Å². The number of benzene rings is 1. The highest BCUT2D eigenvalue weighted by atomic mass is 79.9. The minimum Gasteiger partial charge on any atom is -0.310 e. The van der Waals surface area contributed by atoms with Gasteiger partial charge in [0.1, 0.15) is 5.82 Å². The van der Waals surface area contributed by atoms with Crippen LogP contribution in [0.15, 0.2) is 41.3 Å². The summed E-state index contributed by atoms with van der Waals surface area (Å²) in [6.07, 6.45) is 6.55. The number of anilines is 1. The minimum absolute atomic E-state index is 0.0191. The maximum atomic E-state index is 12.8. The van der Waals surface area contributed by atoms with E-state index in [0.717, 1.165) is 27.2 Å². The monoisotopic (exact) mass is 432 g/mol. The predicted molar refractivity (Wildman–Crippen MR) is 106 cm³/mol. The summed E-state index contributed by atoms with van der Waals surface area (Å²) < 4.78 is 2.60. The quantitative estimate of drug-likeness (QED) is 0.645. The Morgan fingerprint density at radius 3 is 2.81 bits per heavy atom. The fourth-order valence-corrected chi connectivity index (χ4v) is 4.26. The van der Waals surface area contributed by atoms with Crippen molar-refractivity contribution in [2.24, 2.45) is 18.9 Å². The normalized spacial score (nSPS) is 21.8. The fraction of sp³-hybridized carbons (Fsp3) is 0.316. The highest BCUT2D eigenvalue weighted by Crippen LogP contribution is 2.56. The van der Waals surface area contributed by atoms with Crippen molar-refractivity contribution < 1.29 is 4.79 Å². The molecule has 3 atom stereocenters. The Balaban J connectivity index is 1.54. The van der Waals surface area contributed by atoms with Crippen LogP contribution in [-0.2, 0) is 11.8 Å². The van der Waals surface area contributed by atoms with Crippen molar-refractivity contribution >= 4 is 50.0 Å². The second-order valence-corrected chi connectivity index (χ2v) is 8.00. The Bertz CT molecular complexity index is 1000. The van der Waals surface area contributed by atoms with Gasteiger partial charge in [0.15, 0.2) is 0 Å². The van der Waals surface area contributed by atoms with Crippen molar-refractivity contribution in [1.29, 1.82) is 0 Å². The molecule has 3 aromatic rings. The van der Waals surface area contributed by atoms with Crippen LogP contribution in [0.25, 0.3) is 10.8 Å². The van der Waals surface area contributed by atoms with Crippen LogP contribution in [-0.4, -0.2) is 20.7 Å². The second kappa shape index (κ2) is 6.67. The van der Waals surface area contributed by atoms with Gasteiger partial charge in [0.25, 0.3) is 0 Å². The van der Waals surface area contributed by atoms with Crippen LogP contribution in [0, 0.1) is 11.8 Å². The molecule has 0 bridgehead atoms. The van der Waals surface area contributed by atoms with Gasteiger partial charge in [-0.25, -0.2) is 4.98 Å². The number of pyridine rings is 1. The van der Waals surface area contributed by atoms with Gasteiger partial charge < -0.3 is 5.32 Å². The van der Waals surface area contributed by atoms with Gasteiger partial charge in [-0.05, 0) is 51.0 Å². The summed E-state index contributed by atoms with van der Waals surface area (Å²) in [4.78, 5) is 17.1. The highest BCUT2D eigenvalue weighted by Gasteiger charge is 2.54. The molecular formula is C19H18BrClN4O. The lowest BCUT2D eigenvalue weighted by Gasteiger charge is -2.07. The molecule has 0 saturated heterocycles. The zero-order valence-electron chi connectivity index (χ0n) is 14.4. The average Bonchev–Trinajstić information content (AvgIpc) is 3.20. The Morgan fingerprint density at radius 2 is 2.12 bits per heavy atom. The number of amides is 1. The van der Waals surface area contributed by atoms with Gasteiger partial charge in [0.05, 0.1) is 11.2 Å². The Hall–Kier alpha value is -1.92. The van der Waals surface area contributed by atoms with Crippen molar-refractivity contribution in [3.63, 3.8) is 0 Å². The first-order valence-corrected chi connectivity index (χ1v) is 9.69. The van der Waals surface area contributed by atoms with Gasteiger partial charge in [-0.2, -0.15) is 5.10 Å². The molecule has 4 rings (SSSR count). The lowest BCUT2D eigenvalue weighted by atomic mass is 10.1. The summed E-state index contributed by atoms with van der Waals surface area (Å²) in [5.41, 5.74) is 1.13. The lowest BCUT2D eigenvalue weighted by Crippen LogP contribution is -2.16. The van der Waals surface area contributed by atoms with E-state index in [1.807, 2.05) is 37.6 Å². The van der Waals surface area contributed by atoms with Gasteiger partial charge >= 0.3 is 0 Å². The number of carbonyl (C=O) groups is 1. The largest absolute Gasteiger partial charge is 0.310 e. The molecule has 5 nitrogen and oxygen atoms in total. The number of nitrogens with zero attached hydrogens (tertiary/aromatic N) is 3. The summed E-state index contributed by atoms with van der Waals surface area (Å²) in [5, 5.41) is 9.75. The molecule has 0 radical (unpaired) electrons. The molecule has 2 heterocycles. The molecule has 3 unspecified atom stereocenters. The number of rotatable bonds is 4. The van der Waals surface area contributed by atoms with Crippen LogP contribution in [0.5, 0.6) is 0 Å². The van der Waals surface area contributed by atoms with Gasteiger partial charge in [0, 0.05) is 41.1 Å². The molecule has 1 aromatic carbocycles. The van der Waals surface area contributed by atoms with Crippen LogP contribution < -0.4 is 5.32 Å². The second-order valence-electron chi connectivity index (χ2n) is 6.74. The molecule has 0 spiro atoms. The Morgan fingerprint density at radius 1 is 1.31 bits per heavy atom. The first kappa shape index (κ1) is 17.5. The number of hydrogen-bond donors (Lipinski definition) is 1. The summed E-state index contributed by atoms with van der Waals surface area (Å²) >= 11 is 9.55. The zero-order chi connectivity index (χ0) is 18.4. The lowest BCUT2D eigenvalue weighted by molar-refractivity contribution is -0.117. The highest BCUT2D eigenvalue weighted by molar-refractivity contribution is 9.10. The first-order chi connectivity index (χ1) is 12.5. The molecule has 1 aliphatic rings. The molecule has 1 amide bonds. The van der Waals surface area contributed by atoms with Crippen molar-refractivity contribution in [2.75, 3.05) is 5.32 Å². The fourth-order valence-electron chi connectivity index (χ4n) is 3.72. The van der Waals surface area contributed by atoms with Gasteiger partial charge in [-0.15, -0.1) is 0 Å². The third-order valence-corrected chi connectivity index (χ3v) is 6.26. The average molecular weight is 434 g/mol. The molecule has 2 aromatic heterocycles. The summed E-state index contributed by atoms with van der Waals surface area (Å²) in [6.45, 7) is 2.12. The van der Waals surface area contributed by atoms with E-state index in [1.165, 1.54) is 0 Å². The molecule has 1 aliphatic carbocycles. The Kier molecular flexibility index (Phi) is 4.49. The van der Waals surface area contributed by atoms with Crippen LogP contribution >= 0.6 is 27.5 Å². The van der Waals surface area contributed by atoms with Gasteiger partial charge in [-0.1, -0.05) is 24.9 Å². The number of aromatic nitrogens is 3. The minimum atomic E-state index is -0.0290. The maximum absolute atomic E-state index is 12.8. The molecule has 134 valence electrons. The summed E-state index contributed by atoms with van der Waals surface area (Å²) in [5.74, 6) is 1.14. The van der Waals surface area contributed by atoms with E-state index in [1.54, 1.807) is 10.9 Å². The van der Waals surface area contributed by atoms with Gasteiger partial charge in [-0.3, -0.25) is 9.48 Å². The van der Waals surface area contributed by atoms with E-state index in [9.17, 15) is 4.79 Å². The number of aryl methyl sites for hydroxylation is 1. The van der Waals surface area contributed by atoms with Crippen LogP contribution in [0.2, 0.25) is 5.02 Å². The van der Waals surface area contributed by atoms with Crippen molar-refractivity contribution in [1.82, 2.24) is 14.8 Å². The first-order valence-electron chi connectivity index (χ1n) is 8.52. The van der Waals surface area contributed by atoms with E-state index in [2.05, 4.69) is 38.3 Å². The Labute approximate surface area is 164 Å². The van der Waals surface area contributed by atoms with Crippen molar-refractivity contribution in [3.8, 4) is 0 Å². The summed E-state index contributed by atoms with van der Waals surface area (Å²) in [6, 6.07) is 5.65. The molecule has 1 N–H and O–H groups in total. The van der Waals surface area contributed by atoms with Crippen molar-refractivity contribution in [3.05, 3.63) is 51.8 Å². The molecule has 7 heteroatoms. The molecule has 0 aliphatic heterocycles. The molecule has 26 heavy (non-hydrogen) atoms. The number of hydrogen-bond acceptors (Lipinski definition) is 3. The predicted octanol–water partition coefficient (Wildman–Crippen LogP) is 4.76. The van der Waals surface area contributed by atoms with E-state index < -0.39 is 0 Å². The van der Waals surface area contributed by atoms with Crippen LogP contribution in [0.4, 0.5) is 5.82 Å². The third-order valence-electron chi connectivity index (χ3n) is 5.06. The van der Waals surface area contributed by atoms with E-state index >= 15 is 0 Å². The number of carbonyl (C=O) groups excluding carboxylic acids is 1. The van der Waals surface area contributed by atoms with E-state index in [-0.39, 0.29) is 17.7 Å². The van der Waals surface area contributed by atoms with Crippen molar-refractivity contribution in [2.45, 2.75) is 19.3 Å². The van der Waals surface area contributed by atoms with Crippen LogP contribution in [0.1, 0.15) is 24.8 Å². The van der Waals surface area contributed by atoms with E-state index in [4.69, 9.17) is 11.6 Å². The number of nitrogens with one attached hydrogen (secondary N) is 1. The third kappa shape index (κ3) is 3.12. The standard InChI is InChI=1S/C19H18BrClN4O/c1-3-13-17(12-8-23-25(2)9-12)18(13)19(26)24-16-6-10-4-14(20)15(21)5-11(10)7-22-16/h4-9,13,17-18H,3H2,1-2H3,(H,22,24,26). The molecular weight excluding hydrogens is 416 g/mol. The zero-order valence-corrected chi connectivity index (χ0v) is 16.8. The number of fused-ring (bicyclic) bond motifs is 1. The van der Waals surface area contributed by atoms with Gasteiger partial charge in [0.2, 0.25) is 5.91 Å². The maximum Gasteiger partial charge on any atom is 0.229 e. The summed E-state index contributed by atoms with van der Waals surface area (Å²) in [7, 11) is 1.89. The molecule has 1 fully saturated rings. The molecule has 1 saturated carbocycles. The topological polar surface area (TPSA) is 59.8 Å². The smallest absolute Gasteiger partial charge is 0.229 e. The van der Waals surface area contributed by atoms with E-state index in [0.29, 0.717) is 16.8 Å².